The van der Waals surface area contributed by atoms with Gasteiger partial charge in [-0.2, -0.15) is 5.10 Å². The predicted molar refractivity (Wildman–Crippen MR) is 68.0 cm³/mol. The van der Waals surface area contributed by atoms with Crippen LogP contribution < -0.4 is 5.32 Å². The number of nitrogens with one attached hydrogen (secondary N) is 1. The number of anilines is 1. The molecule has 1 heterocycles. The van der Waals surface area contributed by atoms with Crippen molar-refractivity contribution >= 4 is 17.3 Å². The van der Waals surface area contributed by atoms with Crippen molar-refractivity contribution in [3.63, 3.8) is 0 Å². The lowest BCUT2D eigenvalue weighted by Gasteiger charge is -2.14. The zero-order valence-electron chi connectivity index (χ0n) is 9.49. The van der Waals surface area contributed by atoms with Crippen LogP contribution in [0.1, 0.15) is 0 Å². The van der Waals surface area contributed by atoms with Crippen LogP contribution in [0.15, 0.2) is 30.9 Å². The summed E-state index contributed by atoms with van der Waals surface area (Å²) in [5, 5.41) is 25.7. The topological polar surface area (TPSA) is 83.2 Å². The van der Waals surface area contributed by atoms with Crippen LogP contribution >= 0.6 is 11.6 Å². The second-order valence-electron chi connectivity index (χ2n) is 3.72. The van der Waals surface area contributed by atoms with Crippen LogP contribution in [0.5, 0.6) is 0 Å². The molecular formula is C11H13ClN4O2. The number of hydrogen-bond donors (Lipinski definition) is 3. The van der Waals surface area contributed by atoms with Gasteiger partial charge in [0.1, 0.15) is 12.7 Å². The van der Waals surface area contributed by atoms with Crippen molar-refractivity contribution in [2.75, 3.05) is 18.5 Å². The molecule has 1 atom stereocenters. The summed E-state index contributed by atoms with van der Waals surface area (Å²) in [6, 6.07) is 5.26. The molecule has 96 valence electrons. The van der Waals surface area contributed by atoms with Gasteiger partial charge in [-0.3, -0.25) is 0 Å². The third kappa shape index (κ3) is 2.98. The molecule has 2 aromatic rings. The van der Waals surface area contributed by atoms with E-state index < -0.39 is 6.10 Å². The fraction of sp³-hybridized carbons (Fsp3) is 0.273. The van der Waals surface area contributed by atoms with Crippen LogP contribution in [0.2, 0.25) is 5.02 Å². The summed E-state index contributed by atoms with van der Waals surface area (Å²) in [4.78, 5) is 3.88. The van der Waals surface area contributed by atoms with Gasteiger partial charge in [-0.1, -0.05) is 11.6 Å². The molecule has 1 aromatic carbocycles. The Bertz CT molecular complexity index is 504. The van der Waals surface area contributed by atoms with Gasteiger partial charge in [0.25, 0.3) is 0 Å². The van der Waals surface area contributed by atoms with Crippen molar-refractivity contribution in [2.45, 2.75) is 6.10 Å². The molecule has 6 nitrogen and oxygen atoms in total. The van der Waals surface area contributed by atoms with Gasteiger partial charge in [-0.25, -0.2) is 9.67 Å². The van der Waals surface area contributed by atoms with E-state index in [0.29, 0.717) is 10.7 Å². The lowest BCUT2D eigenvalue weighted by molar-refractivity contribution is 0.105. The van der Waals surface area contributed by atoms with Crippen molar-refractivity contribution < 1.29 is 10.2 Å². The van der Waals surface area contributed by atoms with Gasteiger partial charge >= 0.3 is 0 Å². The van der Waals surface area contributed by atoms with E-state index in [1.54, 1.807) is 29.2 Å². The molecule has 3 N–H and O–H groups in total. The maximum absolute atomic E-state index is 9.33. The Morgan fingerprint density at radius 1 is 1.44 bits per heavy atom. The highest BCUT2D eigenvalue weighted by atomic mass is 35.5. The standard InChI is InChI=1S/C11H13ClN4O2/c12-8-1-2-11(16-7-13-6-15-16)10(3-8)14-4-9(18)5-17/h1-3,6-7,9,14,17-18H,4-5H2. The molecule has 0 radical (unpaired) electrons. The van der Waals surface area contributed by atoms with Crippen LogP contribution in [-0.4, -0.2) is 44.2 Å². The summed E-state index contributed by atoms with van der Waals surface area (Å²) >= 11 is 5.93. The normalized spacial score (nSPS) is 12.4. The van der Waals surface area contributed by atoms with E-state index in [1.807, 2.05) is 0 Å². The average molecular weight is 269 g/mol. The van der Waals surface area contributed by atoms with Crippen molar-refractivity contribution in [1.82, 2.24) is 14.8 Å². The fourth-order valence-electron chi connectivity index (χ4n) is 1.47. The molecule has 2 rings (SSSR count). The maximum Gasteiger partial charge on any atom is 0.138 e. The molecule has 0 fully saturated rings. The number of nitrogens with zero attached hydrogens (tertiary/aromatic N) is 3. The monoisotopic (exact) mass is 268 g/mol. The van der Waals surface area contributed by atoms with Gasteiger partial charge in [0.15, 0.2) is 0 Å². The van der Waals surface area contributed by atoms with Crippen LogP contribution in [-0.2, 0) is 0 Å². The molecule has 1 unspecified atom stereocenters. The summed E-state index contributed by atoms with van der Waals surface area (Å²) in [7, 11) is 0. The highest BCUT2D eigenvalue weighted by molar-refractivity contribution is 6.31. The van der Waals surface area contributed by atoms with Crippen LogP contribution in [0.3, 0.4) is 0 Å². The summed E-state index contributed by atoms with van der Waals surface area (Å²) < 4.78 is 1.59. The Morgan fingerprint density at radius 2 is 2.28 bits per heavy atom. The van der Waals surface area contributed by atoms with E-state index in [4.69, 9.17) is 16.7 Å². The molecule has 0 spiro atoms. The third-order valence-corrected chi connectivity index (χ3v) is 2.60. The highest BCUT2D eigenvalue weighted by Crippen LogP contribution is 2.23. The van der Waals surface area contributed by atoms with Crippen molar-refractivity contribution in [2.24, 2.45) is 0 Å². The second kappa shape index (κ2) is 5.81. The summed E-state index contributed by atoms with van der Waals surface area (Å²) in [5.41, 5.74) is 1.47. The zero-order chi connectivity index (χ0) is 13.0. The first kappa shape index (κ1) is 12.8. The van der Waals surface area contributed by atoms with Gasteiger partial charge in [0.05, 0.1) is 24.1 Å². The minimum atomic E-state index is -0.826. The second-order valence-corrected chi connectivity index (χ2v) is 4.16. The van der Waals surface area contributed by atoms with Crippen LogP contribution in [0.25, 0.3) is 5.69 Å². The molecule has 0 aliphatic rings. The SMILES string of the molecule is OCC(O)CNc1cc(Cl)ccc1-n1cncn1. The molecule has 0 aliphatic carbocycles. The zero-order valence-corrected chi connectivity index (χ0v) is 10.2. The molecule has 0 saturated heterocycles. The number of benzene rings is 1. The lowest BCUT2D eigenvalue weighted by Crippen LogP contribution is -2.23. The summed E-state index contributed by atoms with van der Waals surface area (Å²) in [6.45, 7) is -0.0786. The number of aliphatic hydroxyl groups is 2. The Balaban J connectivity index is 2.24. The number of hydrogen-bond acceptors (Lipinski definition) is 5. The van der Waals surface area contributed by atoms with E-state index >= 15 is 0 Å². The molecule has 0 aliphatic heterocycles. The van der Waals surface area contributed by atoms with Crippen molar-refractivity contribution in [3.05, 3.63) is 35.9 Å². The largest absolute Gasteiger partial charge is 0.394 e. The molecular weight excluding hydrogens is 256 g/mol. The Morgan fingerprint density at radius 3 is 2.94 bits per heavy atom. The Hall–Kier alpha value is -1.63. The van der Waals surface area contributed by atoms with Gasteiger partial charge in [-0.15, -0.1) is 0 Å². The number of aromatic nitrogens is 3. The first-order chi connectivity index (χ1) is 8.70. The number of halogens is 1. The fourth-order valence-corrected chi connectivity index (χ4v) is 1.65. The van der Waals surface area contributed by atoms with Crippen molar-refractivity contribution in [3.8, 4) is 5.69 Å². The molecule has 7 heteroatoms. The van der Waals surface area contributed by atoms with Gasteiger partial charge in [0, 0.05) is 11.6 Å². The summed E-state index contributed by atoms with van der Waals surface area (Å²) in [6.07, 6.45) is 2.17. The highest BCUT2D eigenvalue weighted by Gasteiger charge is 2.08. The van der Waals surface area contributed by atoms with E-state index in [-0.39, 0.29) is 13.2 Å². The quantitative estimate of drug-likeness (QED) is 0.743. The molecule has 0 saturated carbocycles. The van der Waals surface area contributed by atoms with E-state index in [0.717, 1.165) is 5.69 Å². The van der Waals surface area contributed by atoms with E-state index in [1.165, 1.54) is 6.33 Å². The van der Waals surface area contributed by atoms with Crippen LogP contribution in [0.4, 0.5) is 5.69 Å². The van der Waals surface area contributed by atoms with E-state index in [9.17, 15) is 5.11 Å². The average Bonchev–Trinajstić information content (AvgIpc) is 2.89. The number of aliphatic hydroxyl groups excluding tert-OH is 2. The first-order valence-corrected chi connectivity index (χ1v) is 5.76. The van der Waals surface area contributed by atoms with Crippen molar-refractivity contribution in [1.29, 1.82) is 0 Å². The molecule has 1 aromatic heterocycles. The molecule has 0 bridgehead atoms. The Labute approximate surface area is 109 Å². The Kier molecular flexibility index (Phi) is 4.14. The van der Waals surface area contributed by atoms with Gasteiger partial charge < -0.3 is 15.5 Å². The molecule has 18 heavy (non-hydrogen) atoms. The smallest absolute Gasteiger partial charge is 0.138 e. The molecule has 0 amide bonds. The first-order valence-electron chi connectivity index (χ1n) is 5.38. The lowest BCUT2D eigenvalue weighted by atomic mass is 10.2. The maximum atomic E-state index is 9.33. The number of rotatable bonds is 5. The minimum Gasteiger partial charge on any atom is -0.394 e. The van der Waals surface area contributed by atoms with Gasteiger partial charge in [0.2, 0.25) is 0 Å². The summed E-state index contributed by atoms with van der Waals surface area (Å²) in [5.74, 6) is 0. The predicted octanol–water partition coefficient (Wildman–Crippen LogP) is 0.686. The third-order valence-electron chi connectivity index (χ3n) is 2.36. The van der Waals surface area contributed by atoms with Crippen LogP contribution in [0, 0.1) is 0 Å². The van der Waals surface area contributed by atoms with E-state index in [2.05, 4.69) is 15.4 Å². The van der Waals surface area contributed by atoms with Gasteiger partial charge in [-0.05, 0) is 18.2 Å². The minimum absolute atomic E-state index is 0.221.